The maximum absolute atomic E-state index is 11.3. The molecular weight excluding hydrogens is 452 g/mol. The number of hydrogen-bond acceptors (Lipinski definition) is 8. The van der Waals surface area contributed by atoms with Gasteiger partial charge in [0.2, 0.25) is 0 Å². The molecule has 192 valence electrons. The van der Waals surface area contributed by atoms with Gasteiger partial charge in [-0.1, -0.05) is 38.1 Å². The zero-order valence-electron chi connectivity index (χ0n) is 20.5. The molecule has 8 nitrogen and oxygen atoms in total. The van der Waals surface area contributed by atoms with Crippen molar-refractivity contribution in [1.82, 2.24) is 0 Å². The van der Waals surface area contributed by atoms with E-state index >= 15 is 0 Å². The fourth-order valence-corrected chi connectivity index (χ4v) is 3.05. The van der Waals surface area contributed by atoms with Crippen LogP contribution < -0.4 is 9.47 Å². The quantitative estimate of drug-likeness (QED) is 0.346. The molecule has 0 aromatic heterocycles. The fourth-order valence-electron chi connectivity index (χ4n) is 3.05. The van der Waals surface area contributed by atoms with Gasteiger partial charge in [-0.05, 0) is 54.7 Å². The minimum atomic E-state index is -0.881. The molecule has 35 heavy (non-hydrogen) atoms. The maximum Gasteiger partial charge on any atom is 0.305 e. The van der Waals surface area contributed by atoms with Gasteiger partial charge in [0.25, 0.3) is 0 Å². The number of carbonyl (C=O) groups excluding carboxylic acids is 2. The minimum Gasteiger partial charge on any atom is -0.491 e. The van der Waals surface area contributed by atoms with E-state index in [-0.39, 0.29) is 38.4 Å². The number of hydrogen-bond donors (Lipinski definition) is 2. The highest BCUT2D eigenvalue weighted by Gasteiger charge is 2.11. The first-order chi connectivity index (χ1) is 16.9. The monoisotopic (exact) mass is 488 g/mol. The van der Waals surface area contributed by atoms with E-state index in [4.69, 9.17) is 18.9 Å². The summed E-state index contributed by atoms with van der Waals surface area (Å²) in [6, 6.07) is 15.1. The van der Waals surface area contributed by atoms with E-state index in [1.807, 2.05) is 62.4 Å². The summed E-state index contributed by atoms with van der Waals surface area (Å²) in [6.45, 7) is 3.69. The summed E-state index contributed by atoms with van der Waals surface area (Å²) in [7, 11) is 0. The Bertz CT molecular complexity index is 806. The van der Waals surface area contributed by atoms with Crippen LogP contribution in [0.3, 0.4) is 0 Å². The van der Waals surface area contributed by atoms with Gasteiger partial charge in [0, 0.05) is 12.8 Å². The third-order valence-electron chi connectivity index (χ3n) is 4.92. The molecule has 2 N–H and O–H groups in total. The van der Waals surface area contributed by atoms with Crippen molar-refractivity contribution in [3.8, 4) is 11.5 Å². The van der Waals surface area contributed by atoms with E-state index in [0.29, 0.717) is 43.6 Å². The molecule has 2 unspecified atom stereocenters. The van der Waals surface area contributed by atoms with Gasteiger partial charge in [0.1, 0.15) is 50.1 Å². The summed E-state index contributed by atoms with van der Waals surface area (Å²) in [5, 5.41) is 19.8. The number of carbonyl (C=O) groups is 2. The molecule has 0 saturated carbocycles. The number of aliphatic hydroxyl groups excluding tert-OH is 2. The van der Waals surface area contributed by atoms with Crippen LogP contribution in [0.15, 0.2) is 48.5 Å². The highest BCUT2D eigenvalue weighted by atomic mass is 16.6. The maximum atomic E-state index is 11.3. The standard InChI is InChI=1S/C27H36O8/c1-3-5-26(30)34-18-22(28)16-32-24-11-7-20(8-12-24)15-21-9-13-25(14-10-21)33-17-23(29)19-35-27(31)6-4-2/h7-14,22-23,28-29H,3-6,15-19H2,1-2H3. The molecule has 0 spiro atoms. The van der Waals surface area contributed by atoms with Gasteiger partial charge >= 0.3 is 11.9 Å². The molecule has 2 aromatic carbocycles. The smallest absolute Gasteiger partial charge is 0.305 e. The lowest BCUT2D eigenvalue weighted by Gasteiger charge is -2.13. The summed E-state index contributed by atoms with van der Waals surface area (Å²) < 4.78 is 21.1. The van der Waals surface area contributed by atoms with Crippen molar-refractivity contribution in [3.05, 3.63) is 59.7 Å². The molecule has 0 saturated heterocycles. The van der Waals surface area contributed by atoms with E-state index in [1.54, 1.807) is 0 Å². The zero-order chi connectivity index (χ0) is 25.5. The lowest BCUT2D eigenvalue weighted by molar-refractivity contribution is -0.148. The number of benzene rings is 2. The van der Waals surface area contributed by atoms with Gasteiger partial charge in [-0.25, -0.2) is 0 Å². The predicted molar refractivity (Wildman–Crippen MR) is 130 cm³/mol. The average molecular weight is 489 g/mol. The number of ether oxygens (including phenoxy) is 4. The molecule has 0 radical (unpaired) electrons. The van der Waals surface area contributed by atoms with Crippen molar-refractivity contribution in [2.75, 3.05) is 26.4 Å². The Labute approximate surface area is 206 Å². The van der Waals surface area contributed by atoms with E-state index in [9.17, 15) is 19.8 Å². The third kappa shape index (κ3) is 11.7. The van der Waals surface area contributed by atoms with Crippen LogP contribution in [0.2, 0.25) is 0 Å². The van der Waals surface area contributed by atoms with Crippen molar-refractivity contribution < 1.29 is 38.7 Å². The van der Waals surface area contributed by atoms with E-state index in [2.05, 4.69) is 0 Å². The van der Waals surface area contributed by atoms with Crippen LogP contribution in [0.25, 0.3) is 0 Å². The number of aliphatic hydroxyl groups is 2. The first kappa shape index (κ1) is 28.1. The molecule has 0 amide bonds. The Morgan fingerprint density at radius 1 is 0.657 bits per heavy atom. The second kappa shape index (κ2) is 15.7. The van der Waals surface area contributed by atoms with Crippen LogP contribution in [0.5, 0.6) is 11.5 Å². The Morgan fingerprint density at radius 2 is 1.03 bits per heavy atom. The SMILES string of the molecule is CCCC(=O)OCC(O)COc1ccc(Cc2ccc(OCC(O)COC(=O)CCC)cc2)cc1. The lowest BCUT2D eigenvalue weighted by atomic mass is 10.0. The molecule has 0 bridgehead atoms. The molecule has 0 aliphatic carbocycles. The first-order valence-corrected chi connectivity index (χ1v) is 12.0. The second-order valence-electron chi connectivity index (χ2n) is 8.26. The number of rotatable bonds is 16. The summed E-state index contributed by atoms with van der Waals surface area (Å²) in [6.07, 6.45) is 1.05. The van der Waals surface area contributed by atoms with Gasteiger partial charge in [0.05, 0.1) is 0 Å². The molecular formula is C27H36O8. The Balaban J connectivity index is 1.71. The highest BCUT2D eigenvalue weighted by molar-refractivity contribution is 5.69. The van der Waals surface area contributed by atoms with Crippen molar-refractivity contribution >= 4 is 11.9 Å². The van der Waals surface area contributed by atoms with E-state index in [1.165, 1.54) is 0 Å². The van der Waals surface area contributed by atoms with Gasteiger partial charge in [-0.15, -0.1) is 0 Å². The normalized spacial score (nSPS) is 12.5. The van der Waals surface area contributed by atoms with Gasteiger partial charge in [0.15, 0.2) is 0 Å². The van der Waals surface area contributed by atoms with Crippen molar-refractivity contribution in [2.24, 2.45) is 0 Å². The molecule has 0 aliphatic heterocycles. The second-order valence-corrected chi connectivity index (χ2v) is 8.26. The van der Waals surface area contributed by atoms with Gasteiger partial charge < -0.3 is 29.2 Å². The summed E-state index contributed by atoms with van der Waals surface area (Å²) in [5.74, 6) is 0.599. The lowest BCUT2D eigenvalue weighted by Crippen LogP contribution is -2.25. The Hall–Kier alpha value is -3.10. The van der Waals surface area contributed by atoms with Crippen molar-refractivity contribution in [1.29, 1.82) is 0 Å². The topological polar surface area (TPSA) is 112 Å². The first-order valence-electron chi connectivity index (χ1n) is 12.0. The predicted octanol–water partition coefficient (Wildman–Crippen LogP) is 3.44. The van der Waals surface area contributed by atoms with Crippen LogP contribution >= 0.6 is 0 Å². The Morgan fingerprint density at radius 3 is 1.37 bits per heavy atom. The van der Waals surface area contributed by atoms with E-state index < -0.39 is 12.2 Å². The van der Waals surface area contributed by atoms with Gasteiger partial charge in [-0.3, -0.25) is 9.59 Å². The average Bonchev–Trinajstić information content (AvgIpc) is 2.86. The van der Waals surface area contributed by atoms with Crippen LogP contribution in [0, 0.1) is 0 Å². The fraction of sp³-hybridized carbons (Fsp3) is 0.481. The zero-order valence-corrected chi connectivity index (χ0v) is 20.5. The van der Waals surface area contributed by atoms with Crippen LogP contribution in [-0.4, -0.2) is 60.8 Å². The van der Waals surface area contributed by atoms with Crippen molar-refractivity contribution in [3.63, 3.8) is 0 Å². The molecule has 2 rings (SSSR count). The molecule has 0 aliphatic rings. The van der Waals surface area contributed by atoms with E-state index in [0.717, 1.165) is 11.1 Å². The van der Waals surface area contributed by atoms with Gasteiger partial charge in [-0.2, -0.15) is 0 Å². The minimum absolute atomic E-state index is 0.0378. The number of esters is 2. The van der Waals surface area contributed by atoms with Crippen LogP contribution in [-0.2, 0) is 25.5 Å². The largest absolute Gasteiger partial charge is 0.491 e. The summed E-state index contributed by atoms with van der Waals surface area (Å²) >= 11 is 0. The molecule has 2 atom stereocenters. The molecule has 0 heterocycles. The summed E-state index contributed by atoms with van der Waals surface area (Å²) in [5.41, 5.74) is 2.17. The van der Waals surface area contributed by atoms with Crippen LogP contribution in [0.4, 0.5) is 0 Å². The van der Waals surface area contributed by atoms with Crippen molar-refractivity contribution in [2.45, 2.75) is 58.2 Å². The Kier molecular flexibility index (Phi) is 12.7. The molecule has 0 fully saturated rings. The molecule has 2 aromatic rings. The van der Waals surface area contributed by atoms with Crippen LogP contribution in [0.1, 0.15) is 50.7 Å². The molecule has 8 heteroatoms. The highest BCUT2D eigenvalue weighted by Crippen LogP contribution is 2.18. The summed E-state index contributed by atoms with van der Waals surface area (Å²) in [4.78, 5) is 22.7. The third-order valence-corrected chi connectivity index (χ3v) is 4.92.